The Bertz CT molecular complexity index is 836. The summed E-state index contributed by atoms with van der Waals surface area (Å²) in [6.45, 7) is 0. The summed E-state index contributed by atoms with van der Waals surface area (Å²) in [6, 6.07) is 9.56. The molecule has 0 nitrogen and oxygen atoms in total. The molecule has 0 saturated carbocycles. The van der Waals surface area contributed by atoms with Gasteiger partial charge in [0.25, 0.3) is 0 Å². The van der Waals surface area contributed by atoms with E-state index in [-0.39, 0.29) is 51.0 Å². The minimum Gasteiger partial charge on any atom is -1.00 e. The van der Waals surface area contributed by atoms with Crippen molar-refractivity contribution in [3.8, 4) is 0 Å². The van der Waals surface area contributed by atoms with Gasteiger partial charge in [0.2, 0.25) is 0 Å². The van der Waals surface area contributed by atoms with E-state index in [1.165, 1.54) is 73.6 Å². The predicted octanol–water partition coefficient (Wildman–Crippen LogP) is -0.119. The first-order valence-corrected chi connectivity index (χ1v) is 10.3. The Morgan fingerprint density at radius 3 is 1.21 bits per heavy atom. The summed E-state index contributed by atoms with van der Waals surface area (Å²) in [6.07, 6.45) is 23.6. The molecule has 0 amide bonds. The number of rotatable bonds is 0. The number of fused-ring (bicyclic) bond motifs is 4. The number of benzene rings is 2. The van der Waals surface area contributed by atoms with Gasteiger partial charge in [0, 0.05) is 0 Å². The van der Waals surface area contributed by atoms with Gasteiger partial charge < -0.3 is 24.8 Å². The summed E-state index contributed by atoms with van der Waals surface area (Å²) in [5.41, 5.74) is 12.2. The van der Waals surface area contributed by atoms with Gasteiger partial charge in [0.15, 0.2) is 0 Å². The van der Waals surface area contributed by atoms with Gasteiger partial charge >= 0.3 is 26.2 Å². The van der Waals surface area contributed by atoms with Crippen molar-refractivity contribution in [1.82, 2.24) is 0 Å². The molecule has 4 aliphatic rings. The molecule has 0 saturated heterocycles. The van der Waals surface area contributed by atoms with Crippen LogP contribution in [0.25, 0.3) is 12.2 Å². The molecular weight excluding hydrogens is 474 g/mol. The maximum absolute atomic E-state index is 3.29. The van der Waals surface area contributed by atoms with Gasteiger partial charge in [-0.1, -0.05) is 23.3 Å². The third-order valence-electron chi connectivity index (χ3n) is 6.31. The molecule has 2 aromatic carbocycles. The van der Waals surface area contributed by atoms with Crippen molar-refractivity contribution >= 4 is 12.2 Å². The van der Waals surface area contributed by atoms with Crippen molar-refractivity contribution in [1.29, 1.82) is 0 Å². The molecule has 3 heteroatoms. The van der Waals surface area contributed by atoms with Crippen LogP contribution in [0.1, 0.15) is 70.2 Å². The molecule has 4 aliphatic carbocycles. The number of aryl methyl sites for hydroxylation is 4. The van der Waals surface area contributed by atoms with Crippen LogP contribution >= 0.6 is 0 Å². The number of allylic oxidation sites excluding steroid dienone is 2. The molecule has 148 valence electrons. The average Bonchev–Trinajstić information content (AvgIpc) is 3.33. The third kappa shape index (κ3) is 5.36. The average molecular weight is 501 g/mol. The summed E-state index contributed by atoms with van der Waals surface area (Å²) in [5, 5.41) is 0. The molecule has 0 spiro atoms. The zero-order valence-electron chi connectivity index (χ0n) is 16.8. The van der Waals surface area contributed by atoms with E-state index in [2.05, 4.69) is 48.6 Å². The van der Waals surface area contributed by atoms with Gasteiger partial charge in [-0.05, 0) is 62.5 Å². The Balaban J connectivity index is 0.000000187. The van der Waals surface area contributed by atoms with E-state index in [9.17, 15) is 0 Å². The fourth-order valence-electron chi connectivity index (χ4n) is 4.83. The molecule has 0 bridgehead atoms. The Labute approximate surface area is 207 Å². The maximum Gasteiger partial charge on any atom is 4.00 e. The number of hydrogen-bond acceptors (Lipinski definition) is 0. The molecule has 0 atom stereocenters. The monoisotopic (exact) mass is 498 g/mol. The van der Waals surface area contributed by atoms with Crippen LogP contribution in [-0.4, -0.2) is 0 Å². The van der Waals surface area contributed by atoms with Crippen molar-refractivity contribution in [2.75, 3.05) is 0 Å². The summed E-state index contributed by atoms with van der Waals surface area (Å²) >= 11 is 0. The van der Waals surface area contributed by atoms with Gasteiger partial charge in [-0.3, -0.25) is 12.2 Å². The molecule has 0 radical (unpaired) electrons. The minimum absolute atomic E-state index is 0. The molecule has 0 unspecified atom stereocenters. The first-order chi connectivity index (χ1) is 12.9. The van der Waals surface area contributed by atoms with Gasteiger partial charge in [-0.15, -0.1) is 36.1 Å². The fourth-order valence-corrected chi connectivity index (χ4v) is 4.83. The smallest absolute Gasteiger partial charge is 1.00 e. The zero-order valence-corrected chi connectivity index (χ0v) is 20.8. The van der Waals surface area contributed by atoms with Crippen molar-refractivity contribution in [2.24, 2.45) is 0 Å². The largest absolute Gasteiger partial charge is 4.00 e. The Morgan fingerprint density at radius 1 is 0.483 bits per heavy atom. The number of hydrogen-bond donors (Lipinski definition) is 0. The van der Waals surface area contributed by atoms with Crippen LogP contribution in [0, 0.1) is 12.2 Å². The van der Waals surface area contributed by atoms with Gasteiger partial charge in [-0.25, -0.2) is 12.2 Å². The van der Waals surface area contributed by atoms with E-state index in [0.29, 0.717) is 0 Å². The summed E-state index contributed by atoms with van der Waals surface area (Å²) in [5.74, 6) is 0. The topological polar surface area (TPSA) is 0 Å². The molecule has 0 fully saturated rings. The molecule has 0 aliphatic heterocycles. The normalized spacial score (nSPS) is 16.6. The Morgan fingerprint density at radius 2 is 0.828 bits per heavy atom. The van der Waals surface area contributed by atoms with E-state index >= 15 is 0 Å². The molecule has 29 heavy (non-hydrogen) atoms. The van der Waals surface area contributed by atoms with Crippen LogP contribution in [0.2, 0.25) is 0 Å². The molecular formula is C26H26Cl2Zr. The standard InChI is InChI=1S/2C13H13.2ClH.Zr/c2*1-2-5-11-9-13-7-3-6-12(13)8-10(11)4-1;;;/h2*6,8-9H,1-2,4-5,7H2;2*1H;/q2*-1;;;+4/p-2. The van der Waals surface area contributed by atoms with Crippen LogP contribution < -0.4 is 24.8 Å². The minimum atomic E-state index is 0. The van der Waals surface area contributed by atoms with Crippen molar-refractivity contribution in [3.05, 3.63) is 80.9 Å². The Kier molecular flexibility index (Phi) is 9.46. The second-order valence-corrected chi connectivity index (χ2v) is 8.10. The van der Waals surface area contributed by atoms with Crippen LogP contribution in [0.15, 0.2) is 24.3 Å². The van der Waals surface area contributed by atoms with Crippen molar-refractivity contribution < 1.29 is 51.0 Å². The van der Waals surface area contributed by atoms with Crippen molar-refractivity contribution in [2.45, 2.75) is 64.2 Å². The quantitative estimate of drug-likeness (QED) is 0.443. The molecule has 0 aromatic heterocycles. The summed E-state index contributed by atoms with van der Waals surface area (Å²) in [4.78, 5) is 0. The fraction of sp³-hybridized carbons (Fsp3) is 0.385. The first kappa shape index (κ1) is 24.7. The molecule has 2 aromatic rings. The Hall–Kier alpha value is -0.617. The second kappa shape index (κ2) is 11.1. The predicted molar refractivity (Wildman–Crippen MR) is 109 cm³/mol. The summed E-state index contributed by atoms with van der Waals surface area (Å²) in [7, 11) is 0. The van der Waals surface area contributed by atoms with Crippen LogP contribution in [0.3, 0.4) is 0 Å². The molecule has 0 heterocycles. The second-order valence-electron chi connectivity index (χ2n) is 8.10. The van der Waals surface area contributed by atoms with E-state index < -0.39 is 0 Å². The molecule has 6 rings (SSSR count). The molecule has 0 N–H and O–H groups in total. The SMILES string of the molecule is [C-]1=Cc2cc3c(cc2C1)CCCC3.[C-]1=Cc2cc3c(cc2C1)CCCC3.[Cl-].[Cl-].[Zr+4]. The van der Waals surface area contributed by atoms with Gasteiger partial charge in [0.1, 0.15) is 0 Å². The van der Waals surface area contributed by atoms with Crippen molar-refractivity contribution in [3.63, 3.8) is 0 Å². The number of halogens is 2. The van der Waals surface area contributed by atoms with E-state index in [0.717, 1.165) is 12.8 Å². The van der Waals surface area contributed by atoms with Crippen LogP contribution in [0.5, 0.6) is 0 Å². The first-order valence-electron chi connectivity index (χ1n) is 10.3. The summed E-state index contributed by atoms with van der Waals surface area (Å²) < 4.78 is 0. The maximum atomic E-state index is 3.29. The van der Waals surface area contributed by atoms with E-state index in [1.807, 2.05) is 0 Å². The third-order valence-corrected chi connectivity index (χ3v) is 6.31. The van der Waals surface area contributed by atoms with E-state index in [4.69, 9.17) is 0 Å². The van der Waals surface area contributed by atoms with E-state index in [1.54, 1.807) is 22.3 Å². The van der Waals surface area contributed by atoms with Crippen LogP contribution in [0.4, 0.5) is 0 Å². The van der Waals surface area contributed by atoms with Gasteiger partial charge in [-0.2, -0.15) is 11.1 Å². The van der Waals surface area contributed by atoms with Crippen LogP contribution in [-0.2, 0) is 64.7 Å². The van der Waals surface area contributed by atoms with Gasteiger partial charge in [0.05, 0.1) is 0 Å². The zero-order chi connectivity index (χ0) is 17.3.